The quantitative estimate of drug-likeness (QED) is 0.519. The molecule has 3 aromatic heterocycles. The molecular weight excluding hydrogens is 406 g/mol. The van der Waals surface area contributed by atoms with Gasteiger partial charge in [-0.1, -0.05) is 0 Å². The molecule has 0 bridgehead atoms. The minimum absolute atomic E-state index is 0.241. The van der Waals surface area contributed by atoms with Gasteiger partial charge in [0.1, 0.15) is 10.8 Å². The molecule has 0 unspecified atom stereocenters. The van der Waals surface area contributed by atoms with E-state index in [0.717, 1.165) is 53.5 Å². The first-order valence-electron chi connectivity index (χ1n) is 11.0. The minimum Gasteiger partial charge on any atom is -0.309 e. The Bertz CT molecular complexity index is 1080. The van der Waals surface area contributed by atoms with Crippen LogP contribution in [0.3, 0.4) is 0 Å². The van der Waals surface area contributed by atoms with Crippen molar-refractivity contribution < 1.29 is 4.79 Å². The molecule has 6 nitrogen and oxygen atoms in total. The highest BCUT2D eigenvalue weighted by atomic mass is 32.1. The Hall–Kier alpha value is -2.38. The van der Waals surface area contributed by atoms with Crippen LogP contribution in [0.1, 0.15) is 54.7 Å². The van der Waals surface area contributed by atoms with Crippen LogP contribution in [0.2, 0.25) is 0 Å². The van der Waals surface area contributed by atoms with Gasteiger partial charge in [-0.25, -0.2) is 4.98 Å². The molecule has 3 heterocycles. The fourth-order valence-corrected chi connectivity index (χ4v) is 5.29. The molecule has 0 aromatic carbocycles. The van der Waals surface area contributed by atoms with Crippen LogP contribution in [-0.2, 0) is 24.1 Å². The summed E-state index contributed by atoms with van der Waals surface area (Å²) in [5.74, 6) is 0.275. The van der Waals surface area contributed by atoms with Crippen molar-refractivity contribution in [2.75, 3.05) is 20.6 Å². The van der Waals surface area contributed by atoms with Crippen molar-refractivity contribution in [3.8, 4) is 21.8 Å². The van der Waals surface area contributed by atoms with Crippen molar-refractivity contribution in [3.63, 3.8) is 0 Å². The van der Waals surface area contributed by atoms with Crippen molar-refractivity contribution in [1.82, 2.24) is 24.6 Å². The van der Waals surface area contributed by atoms with E-state index in [1.54, 1.807) is 11.3 Å². The van der Waals surface area contributed by atoms with Crippen molar-refractivity contribution in [2.45, 2.75) is 58.9 Å². The standard InChI is InChI=1S/C24H31N5OS/c1-15(2)29-23-19(22(27-29)17-9-8-16(3)25-14-17)10-11-20-24(23)31-21(26-20)13-18(30)7-6-12-28(4)5/h8-9,14-15H,6-7,10-13H2,1-5H3. The maximum atomic E-state index is 12.5. The van der Waals surface area contributed by atoms with Gasteiger partial charge in [-0.15, -0.1) is 11.3 Å². The van der Waals surface area contributed by atoms with Gasteiger partial charge < -0.3 is 4.90 Å². The second-order valence-corrected chi connectivity index (χ2v) is 9.99. The number of carbonyl (C=O) groups excluding carboxylic acids is 1. The summed E-state index contributed by atoms with van der Waals surface area (Å²) in [6, 6.07) is 4.39. The lowest BCUT2D eigenvalue weighted by Crippen LogP contribution is -2.14. The highest BCUT2D eigenvalue weighted by Crippen LogP contribution is 2.43. The average Bonchev–Trinajstić information content (AvgIpc) is 3.29. The number of fused-ring (bicyclic) bond motifs is 3. The summed E-state index contributed by atoms with van der Waals surface area (Å²) in [5, 5.41) is 5.93. The molecule has 0 aliphatic heterocycles. The van der Waals surface area contributed by atoms with Crippen LogP contribution in [0.5, 0.6) is 0 Å². The molecule has 31 heavy (non-hydrogen) atoms. The number of hydrogen-bond acceptors (Lipinski definition) is 6. The van der Waals surface area contributed by atoms with E-state index >= 15 is 0 Å². The van der Waals surface area contributed by atoms with E-state index in [-0.39, 0.29) is 11.8 Å². The van der Waals surface area contributed by atoms with E-state index in [9.17, 15) is 4.79 Å². The highest BCUT2D eigenvalue weighted by Gasteiger charge is 2.30. The van der Waals surface area contributed by atoms with Gasteiger partial charge in [0, 0.05) is 35.5 Å². The van der Waals surface area contributed by atoms with Crippen molar-refractivity contribution >= 4 is 17.1 Å². The fraction of sp³-hybridized carbons (Fsp3) is 0.500. The van der Waals surface area contributed by atoms with Gasteiger partial charge in [0.2, 0.25) is 0 Å². The number of rotatable bonds is 8. The predicted octanol–water partition coefficient (Wildman–Crippen LogP) is 4.51. The monoisotopic (exact) mass is 437 g/mol. The van der Waals surface area contributed by atoms with Crippen LogP contribution in [0.25, 0.3) is 21.8 Å². The van der Waals surface area contributed by atoms with Gasteiger partial charge in [0.25, 0.3) is 0 Å². The maximum Gasteiger partial charge on any atom is 0.139 e. The molecule has 1 aliphatic rings. The van der Waals surface area contributed by atoms with Crippen LogP contribution in [0.4, 0.5) is 0 Å². The molecule has 3 aromatic rings. The van der Waals surface area contributed by atoms with Gasteiger partial charge in [-0.2, -0.15) is 5.10 Å². The minimum atomic E-state index is 0.241. The van der Waals surface area contributed by atoms with Gasteiger partial charge in [0.05, 0.1) is 28.4 Å². The van der Waals surface area contributed by atoms with E-state index in [4.69, 9.17) is 10.1 Å². The Kier molecular flexibility index (Phi) is 6.34. The first-order chi connectivity index (χ1) is 14.8. The van der Waals surface area contributed by atoms with Crippen LogP contribution in [0, 0.1) is 6.92 Å². The second-order valence-electron chi connectivity index (χ2n) is 8.91. The van der Waals surface area contributed by atoms with Crippen LogP contribution in [0.15, 0.2) is 18.3 Å². The number of nitrogens with zero attached hydrogens (tertiary/aromatic N) is 5. The largest absolute Gasteiger partial charge is 0.309 e. The van der Waals surface area contributed by atoms with E-state index < -0.39 is 0 Å². The third-order valence-electron chi connectivity index (χ3n) is 5.66. The van der Waals surface area contributed by atoms with E-state index in [2.05, 4.69) is 34.5 Å². The third-order valence-corrected chi connectivity index (χ3v) is 6.76. The molecule has 7 heteroatoms. The van der Waals surface area contributed by atoms with Crippen molar-refractivity contribution in [1.29, 1.82) is 0 Å². The zero-order valence-electron chi connectivity index (χ0n) is 19.1. The predicted molar refractivity (Wildman–Crippen MR) is 126 cm³/mol. The first kappa shape index (κ1) is 21.8. The number of pyridine rings is 1. The Balaban J connectivity index is 1.64. The number of aryl methyl sites for hydroxylation is 2. The van der Waals surface area contributed by atoms with Crippen LogP contribution >= 0.6 is 11.3 Å². The highest BCUT2D eigenvalue weighted by molar-refractivity contribution is 7.15. The normalized spacial score (nSPS) is 13.0. The Morgan fingerprint density at radius 1 is 1.26 bits per heavy atom. The van der Waals surface area contributed by atoms with Gasteiger partial charge in [-0.05, 0) is 72.8 Å². The third kappa shape index (κ3) is 4.62. The number of aromatic nitrogens is 4. The molecule has 0 saturated heterocycles. The van der Waals surface area contributed by atoms with E-state index in [0.29, 0.717) is 12.8 Å². The summed E-state index contributed by atoms with van der Waals surface area (Å²) in [5.41, 5.74) is 6.66. The molecule has 0 spiro atoms. The van der Waals surface area contributed by atoms with Crippen molar-refractivity contribution in [3.05, 3.63) is 40.3 Å². The molecule has 0 amide bonds. The summed E-state index contributed by atoms with van der Waals surface area (Å²) >= 11 is 1.67. The average molecular weight is 438 g/mol. The number of Topliss-reactive ketones (excluding diaryl/α,β-unsaturated/α-hetero) is 1. The summed E-state index contributed by atoms with van der Waals surface area (Å²) in [7, 11) is 4.07. The summed E-state index contributed by atoms with van der Waals surface area (Å²) in [6.45, 7) is 7.26. The molecular formula is C24H31N5OS. The van der Waals surface area contributed by atoms with Crippen molar-refractivity contribution in [2.24, 2.45) is 0 Å². The topological polar surface area (TPSA) is 63.9 Å². The SMILES string of the molecule is Cc1ccc(-c2nn(C(C)C)c3c2CCc2nc(CC(=O)CCCN(C)C)sc2-3)cn1. The molecule has 4 rings (SSSR count). The maximum absolute atomic E-state index is 12.5. The second kappa shape index (κ2) is 9.01. The molecule has 0 N–H and O–H groups in total. The number of hydrogen-bond donors (Lipinski definition) is 0. The first-order valence-corrected chi connectivity index (χ1v) is 11.8. The lowest BCUT2D eigenvalue weighted by Gasteiger charge is -2.16. The van der Waals surface area contributed by atoms with Crippen LogP contribution in [-0.4, -0.2) is 51.1 Å². The van der Waals surface area contributed by atoms with Gasteiger partial charge in [-0.3, -0.25) is 14.5 Å². The Morgan fingerprint density at radius 3 is 2.74 bits per heavy atom. The molecule has 0 fully saturated rings. The zero-order chi connectivity index (χ0) is 22.1. The molecule has 0 saturated carbocycles. The zero-order valence-corrected chi connectivity index (χ0v) is 19.9. The van der Waals surface area contributed by atoms with Crippen LogP contribution < -0.4 is 0 Å². The van der Waals surface area contributed by atoms with E-state index in [1.807, 2.05) is 33.3 Å². The van der Waals surface area contributed by atoms with E-state index in [1.165, 1.54) is 16.1 Å². The number of carbonyl (C=O) groups is 1. The Labute approximate surface area is 188 Å². The number of ketones is 1. The molecule has 0 atom stereocenters. The summed E-state index contributed by atoms with van der Waals surface area (Å²) in [6.07, 6.45) is 5.67. The summed E-state index contributed by atoms with van der Waals surface area (Å²) in [4.78, 5) is 25.1. The van der Waals surface area contributed by atoms with Gasteiger partial charge >= 0.3 is 0 Å². The van der Waals surface area contributed by atoms with Gasteiger partial charge in [0.15, 0.2) is 0 Å². The fourth-order valence-electron chi connectivity index (χ4n) is 4.08. The number of thiazole rings is 1. The molecule has 164 valence electrons. The smallest absolute Gasteiger partial charge is 0.139 e. The molecule has 0 radical (unpaired) electrons. The lowest BCUT2D eigenvalue weighted by molar-refractivity contribution is -0.118. The Morgan fingerprint density at radius 2 is 2.06 bits per heavy atom. The molecule has 1 aliphatic carbocycles. The lowest BCUT2D eigenvalue weighted by atomic mass is 9.95. The summed E-state index contributed by atoms with van der Waals surface area (Å²) < 4.78 is 2.13.